The first-order valence-corrected chi connectivity index (χ1v) is 9.04. The minimum Gasteiger partial charge on any atom is -0.395 e. The molecular weight excluding hydrogens is 308 g/mol. The van der Waals surface area contributed by atoms with Crippen LogP contribution in [0.5, 0.6) is 0 Å². The first-order chi connectivity index (χ1) is 11.5. The number of rotatable bonds is 6. The third kappa shape index (κ3) is 5.72. The Bertz CT molecular complexity index is 416. The number of likely N-dealkylation sites (tertiary alicyclic amines) is 1. The van der Waals surface area contributed by atoms with Crippen LogP contribution in [0.15, 0.2) is 0 Å². The monoisotopic (exact) mass is 340 g/mol. The van der Waals surface area contributed by atoms with Gasteiger partial charge in [0, 0.05) is 46.2 Å². The highest BCUT2D eigenvalue weighted by Gasteiger charge is 2.24. The van der Waals surface area contributed by atoms with Crippen LogP contribution in [0.4, 0.5) is 0 Å². The summed E-state index contributed by atoms with van der Waals surface area (Å²) in [6.45, 7) is 8.66. The van der Waals surface area contributed by atoms with E-state index in [-0.39, 0.29) is 18.4 Å². The van der Waals surface area contributed by atoms with Crippen LogP contribution in [0.3, 0.4) is 0 Å². The van der Waals surface area contributed by atoms with Gasteiger partial charge in [-0.1, -0.05) is 0 Å². The number of hydrogen-bond acceptors (Lipinski definition) is 5. The average Bonchev–Trinajstić information content (AvgIpc) is 2.57. The molecule has 24 heavy (non-hydrogen) atoms. The van der Waals surface area contributed by atoms with E-state index >= 15 is 0 Å². The van der Waals surface area contributed by atoms with Gasteiger partial charge in [-0.3, -0.25) is 14.5 Å². The molecule has 7 nitrogen and oxygen atoms in total. The molecule has 138 valence electrons. The zero-order valence-electron chi connectivity index (χ0n) is 15.1. The fraction of sp³-hybridized carbons (Fsp3) is 0.882. The largest absolute Gasteiger partial charge is 0.395 e. The minimum absolute atomic E-state index is 0.0896. The zero-order valence-corrected chi connectivity index (χ0v) is 15.1. The molecule has 0 aromatic carbocycles. The highest BCUT2D eigenvalue weighted by molar-refractivity contribution is 5.79. The van der Waals surface area contributed by atoms with Gasteiger partial charge >= 0.3 is 0 Å². The van der Waals surface area contributed by atoms with Gasteiger partial charge in [0.2, 0.25) is 11.8 Å². The molecule has 0 unspecified atom stereocenters. The number of hydrogen-bond donors (Lipinski definition) is 1. The van der Waals surface area contributed by atoms with Gasteiger partial charge in [0.05, 0.1) is 13.2 Å². The molecule has 2 fully saturated rings. The van der Waals surface area contributed by atoms with Crippen LogP contribution in [0, 0.1) is 5.92 Å². The molecule has 0 bridgehead atoms. The van der Waals surface area contributed by atoms with E-state index in [1.54, 1.807) is 11.8 Å². The third-order valence-electron chi connectivity index (χ3n) is 5.18. The summed E-state index contributed by atoms with van der Waals surface area (Å²) in [5.74, 6) is 0.887. The number of likely N-dealkylation sites (N-methyl/N-ethyl adjacent to an activating group) is 1. The number of aliphatic hydroxyl groups excluding tert-OH is 1. The van der Waals surface area contributed by atoms with Crippen molar-refractivity contribution < 1.29 is 14.7 Å². The van der Waals surface area contributed by atoms with Crippen LogP contribution in [0.1, 0.15) is 19.8 Å². The smallest absolute Gasteiger partial charge is 0.236 e. The van der Waals surface area contributed by atoms with Crippen LogP contribution in [0.2, 0.25) is 0 Å². The number of piperidine rings is 1. The molecular formula is C17H32N4O3. The van der Waals surface area contributed by atoms with Gasteiger partial charge in [-0.25, -0.2) is 0 Å². The summed E-state index contributed by atoms with van der Waals surface area (Å²) in [6, 6.07) is 0. The van der Waals surface area contributed by atoms with Crippen LogP contribution < -0.4 is 0 Å². The van der Waals surface area contributed by atoms with Crippen molar-refractivity contribution in [2.24, 2.45) is 5.92 Å². The van der Waals surface area contributed by atoms with Gasteiger partial charge in [-0.2, -0.15) is 0 Å². The summed E-state index contributed by atoms with van der Waals surface area (Å²) in [7, 11) is 2.02. The van der Waals surface area contributed by atoms with Gasteiger partial charge < -0.3 is 19.8 Å². The van der Waals surface area contributed by atoms with Crippen molar-refractivity contribution in [1.29, 1.82) is 0 Å². The molecule has 2 aliphatic heterocycles. The summed E-state index contributed by atoms with van der Waals surface area (Å²) in [5.41, 5.74) is 0. The van der Waals surface area contributed by atoms with E-state index in [2.05, 4.69) is 9.80 Å². The van der Waals surface area contributed by atoms with Crippen LogP contribution in [0.25, 0.3) is 0 Å². The normalized spacial score (nSPS) is 20.7. The summed E-state index contributed by atoms with van der Waals surface area (Å²) >= 11 is 0. The predicted octanol–water partition coefficient (Wildman–Crippen LogP) is -0.687. The summed E-state index contributed by atoms with van der Waals surface area (Å²) in [4.78, 5) is 31.9. The molecule has 1 N–H and O–H groups in total. The van der Waals surface area contributed by atoms with Crippen molar-refractivity contribution in [3.63, 3.8) is 0 Å². The summed E-state index contributed by atoms with van der Waals surface area (Å²) < 4.78 is 0. The molecule has 0 aromatic heterocycles. The van der Waals surface area contributed by atoms with E-state index in [0.29, 0.717) is 38.6 Å². The Morgan fingerprint density at radius 1 is 1.04 bits per heavy atom. The molecule has 7 heteroatoms. The second kappa shape index (κ2) is 9.34. The number of β-amino-alcohol motifs (C(OH)–C–C–N with tert-alkyl or cyclic N) is 1. The Morgan fingerprint density at radius 3 is 2.17 bits per heavy atom. The molecule has 0 atom stereocenters. The molecule has 0 aromatic rings. The van der Waals surface area contributed by atoms with E-state index in [9.17, 15) is 9.59 Å². The van der Waals surface area contributed by atoms with E-state index in [4.69, 9.17) is 5.11 Å². The second-order valence-corrected chi connectivity index (χ2v) is 7.09. The minimum atomic E-state index is 0.0896. The van der Waals surface area contributed by atoms with Crippen molar-refractivity contribution in [1.82, 2.24) is 19.6 Å². The maximum atomic E-state index is 12.4. The Kier molecular flexibility index (Phi) is 7.45. The maximum Gasteiger partial charge on any atom is 0.236 e. The fourth-order valence-electron chi connectivity index (χ4n) is 3.64. The summed E-state index contributed by atoms with van der Waals surface area (Å²) in [5, 5.41) is 8.99. The maximum absolute atomic E-state index is 12.4. The topological polar surface area (TPSA) is 67.3 Å². The Morgan fingerprint density at radius 2 is 1.62 bits per heavy atom. The fourth-order valence-corrected chi connectivity index (χ4v) is 3.64. The lowest BCUT2D eigenvalue weighted by Gasteiger charge is -2.36. The van der Waals surface area contributed by atoms with Gasteiger partial charge in [-0.15, -0.1) is 0 Å². The lowest BCUT2D eigenvalue weighted by molar-refractivity contribution is -0.139. The van der Waals surface area contributed by atoms with Crippen molar-refractivity contribution in [2.75, 3.05) is 72.6 Å². The van der Waals surface area contributed by atoms with Crippen LogP contribution in [-0.2, 0) is 9.59 Å². The molecule has 2 heterocycles. The number of aliphatic hydroxyl groups is 1. The van der Waals surface area contributed by atoms with E-state index in [1.165, 1.54) is 0 Å². The van der Waals surface area contributed by atoms with Crippen molar-refractivity contribution in [3.8, 4) is 0 Å². The predicted molar refractivity (Wildman–Crippen MR) is 92.6 cm³/mol. The first kappa shape index (κ1) is 19.1. The number of nitrogens with zero attached hydrogens (tertiary/aromatic N) is 4. The number of carbonyl (C=O) groups excluding carboxylic acids is 2. The quantitative estimate of drug-likeness (QED) is 0.693. The van der Waals surface area contributed by atoms with Gasteiger partial charge in [0.1, 0.15) is 0 Å². The van der Waals surface area contributed by atoms with E-state index in [1.807, 2.05) is 11.9 Å². The first-order valence-electron chi connectivity index (χ1n) is 9.04. The highest BCUT2D eigenvalue weighted by Crippen LogP contribution is 2.17. The Hall–Kier alpha value is -1.18. The number of piperazine rings is 1. The van der Waals surface area contributed by atoms with E-state index in [0.717, 1.165) is 39.0 Å². The molecule has 0 aliphatic carbocycles. The molecule has 0 radical (unpaired) electrons. The highest BCUT2D eigenvalue weighted by atomic mass is 16.3. The molecule has 0 spiro atoms. The molecule has 2 amide bonds. The molecule has 2 aliphatic rings. The molecule has 0 saturated carbocycles. The molecule has 2 rings (SSSR count). The van der Waals surface area contributed by atoms with Crippen molar-refractivity contribution in [2.45, 2.75) is 19.8 Å². The van der Waals surface area contributed by atoms with Gasteiger partial charge in [-0.05, 0) is 38.9 Å². The van der Waals surface area contributed by atoms with Crippen LogP contribution >= 0.6 is 0 Å². The van der Waals surface area contributed by atoms with Gasteiger partial charge in [0.15, 0.2) is 0 Å². The average molecular weight is 340 g/mol. The number of amides is 2. The number of carbonyl (C=O) groups is 2. The lowest BCUT2D eigenvalue weighted by atomic mass is 9.96. The van der Waals surface area contributed by atoms with Gasteiger partial charge in [0.25, 0.3) is 0 Å². The Balaban J connectivity index is 1.66. The second-order valence-electron chi connectivity index (χ2n) is 7.09. The summed E-state index contributed by atoms with van der Waals surface area (Å²) in [6.07, 6.45) is 2.27. The SMILES string of the molecule is CC(=O)N1CCN(C(=O)CN(C)CC2CCN(CCO)CC2)CC1. The standard InChI is InChI=1S/C17H32N4O3/c1-15(23)20-7-9-21(10-8-20)17(24)14-18(2)13-16-3-5-19(6-4-16)11-12-22/h16,22H,3-14H2,1-2H3. The molecule has 2 saturated heterocycles. The lowest BCUT2D eigenvalue weighted by Crippen LogP contribution is -2.52. The van der Waals surface area contributed by atoms with Crippen molar-refractivity contribution in [3.05, 3.63) is 0 Å². The van der Waals surface area contributed by atoms with E-state index < -0.39 is 0 Å². The van der Waals surface area contributed by atoms with Crippen molar-refractivity contribution >= 4 is 11.8 Å². The Labute approximate surface area is 145 Å². The third-order valence-corrected chi connectivity index (χ3v) is 5.18. The van der Waals surface area contributed by atoms with Crippen LogP contribution in [-0.4, -0.2) is 109 Å². The zero-order chi connectivity index (χ0) is 17.5.